The fourth-order valence-electron chi connectivity index (χ4n) is 1.89. The van der Waals surface area contributed by atoms with Crippen LogP contribution in [-0.2, 0) is 0 Å². The molecule has 0 saturated carbocycles. The Bertz CT molecular complexity index is 635. The molecule has 0 amide bonds. The van der Waals surface area contributed by atoms with E-state index < -0.39 is 11.8 Å². The van der Waals surface area contributed by atoms with Crippen molar-refractivity contribution in [3.63, 3.8) is 0 Å². The lowest BCUT2D eigenvalue weighted by Gasteiger charge is -2.11. The molecule has 3 nitrogen and oxygen atoms in total. The first-order valence-electron chi connectivity index (χ1n) is 6.27. The number of carboxylic acid groups (broad SMARTS) is 1. The molecule has 0 heterocycles. The standard InChI is InChI=1S/C16H15FO3/c1-10(2)20-13-5-3-4-11(8-13)12-6-7-14(16(18)19)15(17)9-12/h3-10H,1-2H3,(H,18,19). The summed E-state index contributed by atoms with van der Waals surface area (Å²) in [6.45, 7) is 3.85. The summed E-state index contributed by atoms with van der Waals surface area (Å²) in [6.07, 6.45) is 0.0522. The van der Waals surface area contributed by atoms with Crippen molar-refractivity contribution in [3.05, 3.63) is 53.8 Å². The number of hydrogen-bond donors (Lipinski definition) is 1. The second kappa shape index (κ2) is 5.74. The van der Waals surface area contributed by atoms with Gasteiger partial charge >= 0.3 is 5.97 Å². The van der Waals surface area contributed by atoms with Gasteiger partial charge < -0.3 is 9.84 Å². The van der Waals surface area contributed by atoms with Crippen LogP contribution in [0.15, 0.2) is 42.5 Å². The van der Waals surface area contributed by atoms with Crippen LogP contribution in [0, 0.1) is 5.82 Å². The predicted octanol–water partition coefficient (Wildman–Crippen LogP) is 3.98. The highest BCUT2D eigenvalue weighted by atomic mass is 19.1. The summed E-state index contributed by atoms with van der Waals surface area (Å²) in [5, 5.41) is 8.81. The van der Waals surface area contributed by atoms with Gasteiger partial charge in [-0.15, -0.1) is 0 Å². The van der Waals surface area contributed by atoms with Gasteiger partial charge in [0.25, 0.3) is 0 Å². The van der Waals surface area contributed by atoms with Crippen LogP contribution < -0.4 is 4.74 Å². The second-order valence-electron chi connectivity index (χ2n) is 4.69. The van der Waals surface area contributed by atoms with Crippen LogP contribution in [0.3, 0.4) is 0 Å². The van der Waals surface area contributed by atoms with E-state index in [0.717, 1.165) is 5.56 Å². The average Bonchev–Trinajstić information content (AvgIpc) is 2.37. The van der Waals surface area contributed by atoms with E-state index in [4.69, 9.17) is 9.84 Å². The zero-order chi connectivity index (χ0) is 14.7. The van der Waals surface area contributed by atoms with Crippen molar-refractivity contribution in [1.82, 2.24) is 0 Å². The van der Waals surface area contributed by atoms with Crippen LogP contribution in [0.25, 0.3) is 11.1 Å². The minimum absolute atomic E-state index is 0.0522. The summed E-state index contributed by atoms with van der Waals surface area (Å²) >= 11 is 0. The molecule has 0 spiro atoms. The van der Waals surface area contributed by atoms with E-state index in [-0.39, 0.29) is 11.7 Å². The quantitative estimate of drug-likeness (QED) is 0.917. The van der Waals surface area contributed by atoms with Crippen LogP contribution in [0.2, 0.25) is 0 Å². The molecule has 0 bridgehead atoms. The molecule has 0 unspecified atom stereocenters. The Morgan fingerprint density at radius 3 is 2.45 bits per heavy atom. The fourth-order valence-corrected chi connectivity index (χ4v) is 1.89. The summed E-state index contributed by atoms with van der Waals surface area (Å²) in [5.41, 5.74) is 1.06. The molecule has 20 heavy (non-hydrogen) atoms. The van der Waals surface area contributed by atoms with Gasteiger partial charge in [-0.2, -0.15) is 0 Å². The lowest BCUT2D eigenvalue weighted by Crippen LogP contribution is -2.05. The van der Waals surface area contributed by atoms with Crippen molar-refractivity contribution in [2.75, 3.05) is 0 Å². The maximum absolute atomic E-state index is 13.7. The van der Waals surface area contributed by atoms with Crippen LogP contribution in [0.1, 0.15) is 24.2 Å². The Labute approximate surface area is 116 Å². The Kier molecular flexibility index (Phi) is 4.03. The van der Waals surface area contributed by atoms with Crippen molar-refractivity contribution in [1.29, 1.82) is 0 Å². The van der Waals surface area contributed by atoms with Gasteiger partial charge in [-0.1, -0.05) is 18.2 Å². The van der Waals surface area contributed by atoms with E-state index in [1.54, 1.807) is 12.1 Å². The molecule has 2 rings (SSSR count). The maximum Gasteiger partial charge on any atom is 0.338 e. The summed E-state index contributed by atoms with van der Waals surface area (Å²) in [7, 11) is 0. The molecule has 2 aromatic carbocycles. The average molecular weight is 274 g/mol. The third kappa shape index (κ3) is 3.15. The largest absolute Gasteiger partial charge is 0.491 e. The lowest BCUT2D eigenvalue weighted by atomic mass is 10.0. The number of halogens is 1. The molecule has 1 N–H and O–H groups in total. The van der Waals surface area contributed by atoms with Gasteiger partial charge in [0.1, 0.15) is 11.6 Å². The molecule has 0 radical (unpaired) electrons. The van der Waals surface area contributed by atoms with Gasteiger partial charge in [-0.25, -0.2) is 9.18 Å². The number of aromatic carboxylic acids is 1. The number of benzene rings is 2. The Balaban J connectivity index is 2.36. The van der Waals surface area contributed by atoms with E-state index in [1.807, 2.05) is 32.0 Å². The summed E-state index contributed by atoms with van der Waals surface area (Å²) in [6, 6.07) is 11.3. The zero-order valence-electron chi connectivity index (χ0n) is 11.3. The zero-order valence-corrected chi connectivity index (χ0v) is 11.3. The SMILES string of the molecule is CC(C)Oc1cccc(-c2ccc(C(=O)O)c(F)c2)c1. The van der Waals surface area contributed by atoms with E-state index in [1.165, 1.54) is 12.1 Å². The molecule has 0 aromatic heterocycles. The Morgan fingerprint density at radius 1 is 1.15 bits per heavy atom. The van der Waals surface area contributed by atoms with Crippen molar-refractivity contribution < 1.29 is 19.0 Å². The number of rotatable bonds is 4. The molecular weight excluding hydrogens is 259 g/mol. The Morgan fingerprint density at radius 2 is 1.85 bits per heavy atom. The van der Waals surface area contributed by atoms with Gasteiger partial charge in [0.15, 0.2) is 0 Å². The first-order chi connectivity index (χ1) is 9.47. The first-order valence-corrected chi connectivity index (χ1v) is 6.27. The van der Waals surface area contributed by atoms with Crippen LogP contribution in [0.4, 0.5) is 4.39 Å². The molecule has 0 aliphatic heterocycles. The number of hydrogen-bond acceptors (Lipinski definition) is 2. The summed E-state index contributed by atoms with van der Waals surface area (Å²) in [4.78, 5) is 10.8. The minimum atomic E-state index is -1.27. The highest BCUT2D eigenvalue weighted by Gasteiger charge is 2.11. The van der Waals surface area contributed by atoms with Gasteiger partial charge in [0.2, 0.25) is 0 Å². The lowest BCUT2D eigenvalue weighted by molar-refractivity contribution is 0.0692. The molecule has 0 fully saturated rings. The molecule has 0 aliphatic carbocycles. The van der Waals surface area contributed by atoms with E-state index >= 15 is 0 Å². The number of ether oxygens (including phenoxy) is 1. The Hall–Kier alpha value is -2.36. The van der Waals surface area contributed by atoms with Gasteiger partial charge in [0, 0.05) is 0 Å². The van der Waals surface area contributed by atoms with Crippen molar-refractivity contribution in [3.8, 4) is 16.9 Å². The molecule has 0 aliphatic rings. The van der Waals surface area contributed by atoms with Crippen molar-refractivity contribution >= 4 is 5.97 Å². The molecule has 2 aromatic rings. The van der Waals surface area contributed by atoms with Crippen LogP contribution in [0.5, 0.6) is 5.75 Å². The van der Waals surface area contributed by atoms with Crippen LogP contribution in [-0.4, -0.2) is 17.2 Å². The van der Waals surface area contributed by atoms with Crippen molar-refractivity contribution in [2.24, 2.45) is 0 Å². The maximum atomic E-state index is 13.7. The first kappa shape index (κ1) is 14.1. The normalized spacial score (nSPS) is 10.6. The highest BCUT2D eigenvalue weighted by molar-refractivity contribution is 5.88. The van der Waals surface area contributed by atoms with Gasteiger partial charge in [-0.3, -0.25) is 0 Å². The minimum Gasteiger partial charge on any atom is -0.491 e. The summed E-state index contributed by atoms with van der Waals surface area (Å²) < 4.78 is 19.3. The molecule has 0 saturated heterocycles. The van der Waals surface area contributed by atoms with E-state index in [9.17, 15) is 9.18 Å². The number of carbonyl (C=O) groups is 1. The highest BCUT2D eigenvalue weighted by Crippen LogP contribution is 2.26. The molecular formula is C16H15FO3. The fraction of sp³-hybridized carbons (Fsp3) is 0.188. The van der Waals surface area contributed by atoms with Gasteiger partial charge in [-0.05, 0) is 49.2 Å². The second-order valence-corrected chi connectivity index (χ2v) is 4.69. The molecule has 104 valence electrons. The van der Waals surface area contributed by atoms with Gasteiger partial charge in [0.05, 0.1) is 11.7 Å². The predicted molar refractivity (Wildman–Crippen MR) is 74.6 cm³/mol. The topological polar surface area (TPSA) is 46.5 Å². The third-order valence-electron chi connectivity index (χ3n) is 2.74. The van der Waals surface area contributed by atoms with Crippen molar-refractivity contribution in [2.45, 2.75) is 20.0 Å². The molecule has 0 atom stereocenters. The molecule has 4 heteroatoms. The van der Waals surface area contributed by atoms with Crippen LogP contribution >= 0.6 is 0 Å². The summed E-state index contributed by atoms with van der Waals surface area (Å²) in [5.74, 6) is -1.32. The third-order valence-corrected chi connectivity index (χ3v) is 2.74. The number of carboxylic acids is 1. The smallest absolute Gasteiger partial charge is 0.338 e. The monoisotopic (exact) mass is 274 g/mol. The van der Waals surface area contributed by atoms with E-state index in [2.05, 4.69) is 0 Å². The van der Waals surface area contributed by atoms with E-state index in [0.29, 0.717) is 11.3 Å².